The molecule has 6 nitrogen and oxygen atoms in total. The fraction of sp³-hybridized carbons (Fsp3) is 0.708. The van der Waals surface area contributed by atoms with E-state index in [1.807, 2.05) is 12.1 Å². The Morgan fingerprint density at radius 1 is 0.938 bits per heavy atom. The first-order valence-corrected chi connectivity index (χ1v) is 13.1. The number of hydrogen-bond acceptors (Lipinski definition) is 4. The highest BCUT2D eigenvalue weighted by Crippen LogP contribution is 2.33. The lowest BCUT2D eigenvalue weighted by molar-refractivity contribution is 0.119. The van der Waals surface area contributed by atoms with Crippen LogP contribution in [0.15, 0.2) is 18.2 Å². The molecule has 0 aromatic heterocycles. The average molecular weight is 483 g/mol. The molecular weight excluding hydrogens is 445 g/mol. The summed E-state index contributed by atoms with van der Waals surface area (Å²) in [7, 11) is 0. The minimum Gasteiger partial charge on any atom is -0.368 e. The second-order valence-electron chi connectivity index (χ2n) is 9.54. The van der Waals surface area contributed by atoms with E-state index in [1.54, 1.807) is 0 Å². The van der Waals surface area contributed by atoms with Crippen LogP contribution in [0.3, 0.4) is 0 Å². The number of benzene rings is 1. The summed E-state index contributed by atoms with van der Waals surface area (Å²) in [5, 5.41) is 6.54. The van der Waals surface area contributed by atoms with Gasteiger partial charge in [0, 0.05) is 45.3 Å². The SMILES string of the molecule is O=C(NC1CCCCC1)NN1CCC(CCN2CCN(c3cccc(Cl)c3Cl)CC2)CC1. The molecule has 4 rings (SSSR count). The number of urea groups is 1. The zero-order valence-corrected chi connectivity index (χ0v) is 20.5. The van der Waals surface area contributed by atoms with Gasteiger partial charge in [-0.05, 0) is 56.7 Å². The second kappa shape index (κ2) is 11.8. The number of hydrazine groups is 1. The number of hydrogen-bond donors (Lipinski definition) is 2. The molecule has 3 aliphatic rings. The van der Waals surface area contributed by atoms with Gasteiger partial charge in [-0.2, -0.15) is 0 Å². The van der Waals surface area contributed by atoms with Crippen molar-refractivity contribution < 1.29 is 4.79 Å². The van der Waals surface area contributed by atoms with Crippen LogP contribution >= 0.6 is 23.2 Å². The van der Waals surface area contributed by atoms with Crippen LogP contribution in [0.5, 0.6) is 0 Å². The average Bonchev–Trinajstić information content (AvgIpc) is 2.81. The van der Waals surface area contributed by atoms with Crippen molar-refractivity contribution in [1.29, 1.82) is 0 Å². The molecule has 2 aliphatic heterocycles. The van der Waals surface area contributed by atoms with E-state index in [1.165, 1.54) is 25.7 Å². The van der Waals surface area contributed by atoms with Crippen molar-refractivity contribution in [1.82, 2.24) is 20.7 Å². The maximum absolute atomic E-state index is 12.3. The summed E-state index contributed by atoms with van der Waals surface area (Å²) in [5.74, 6) is 0.745. The summed E-state index contributed by atoms with van der Waals surface area (Å²) in [6.07, 6.45) is 9.56. The molecule has 0 atom stereocenters. The van der Waals surface area contributed by atoms with Gasteiger partial charge in [0.2, 0.25) is 0 Å². The fourth-order valence-corrected chi connectivity index (χ4v) is 5.67. The first-order chi connectivity index (χ1) is 15.6. The highest BCUT2D eigenvalue weighted by molar-refractivity contribution is 6.43. The highest BCUT2D eigenvalue weighted by atomic mass is 35.5. The van der Waals surface area contributed by atoms with E-state index < -0.39 is 0 Å². The molecule has 0 bridgehead atoms. The third-order valence-corrected chi connectivity index (χ3v) is 8.12. The largest absolute Gasteiger partial charge is 0.368 e. The van der Waals surface area contributed by atoms with Gasteiger partial charge in [-0.25, -0.2) is 9.80 Å². The topological polar surface area (TPSA) is 50.9 Å². The molecule has 2 saturated heterocycles. The van der Waals surface area contributed by atoms with Crippen LogP contribution in [-0.4, -0.2) is 67.8 Å². The summed E-state index contributed by atoms with van der Waals surface area (Å²) in [6, 6.07) is 6.20. The molecule has 2 amide bonds. The molecule has 8 heteroatoms. The summed E-state index contributed by atoms with van der Waals surface area (Å²) < 4.78 is 0. The van der Waals surface area contributed by atoms with Crippen molar-refractivity contribution in [3.8, 4) is 0 Å². The number of carbonyl (C=O) groups excluding carboxylic acids is 1. The van der Waals surface area contributed by atoms with Crippen molar-refractivity contribution >= 4 is 34.9 Å². The number of piperidine rings is 1. The molecular formula is C24H37Cl2N5O. The van der Waals surface area contributed by atoms with E-state index in [0.717, 1.165) is 83.1 Å². The van der Waals surface area contributed by atoms with Crippen molar-refractivity contribution in [2.75, 3.05) is 50.7 Å². The molecule has 178 valence electrons. The third-order valence-electron chi connectivity index (χ3n) is 7.31. The first kappa shape index (κ1) is 23.9. The van der Waals surface area contributed by atoms with Crippen molar-refractivity contribution in [3.05, 3.63) is 28.2 Å². The van der Waals surface area contributed by atoms with Gasteiger partial charge < -0.3 is 10.2 Å². The lowest BCUT2D eigenvalue weighted by Gasteiger charge is -2.38. The van der Waals surface area contributed by atoms with Crippen molar-refractivity contribution in [2.24, 2.45) is 5.92 Å². The van der Waals surface area contributed by atoms with Crippen molar-refractivity contribution in [3.63, 3.8) is 0 Å². The monoisotopic (exact) mass is 481 g/mol. The number of halogens is 2. The van der Waals surface area contributed by atoms with Gasteiger partial charge in [0.1, 0.15) is 0 Å². The number of nitrogens with one attached hydrogen (secondary N) is 2. The van der Waals surface area contributed by atoms with E-state index in [2.05, 4.69) is 31.6 Å². The van der Waals surface area contributed by atoms with Gasteiger partial charge in [0.25, 0.3) is 0 Å². The highest BCUT2D eigenvalue weighted by Gasteiger charge is 2.24. The molecule has 0 radical (unpaired) electrons. The minimum absolute atomic E-state index is 0.0203. The van der Waals surface area contributed by atoms with E-state index >= 15 is 0 Å². The van der Waals surface area contributed by atoms with E-state index in [9.17, 15) is 4.79 Å². The number of anilines is 1. The molecule has 1 aromatic rings. The zero-order chi connectivity index (χ0) is 22.3. The number of carbonyl (C=O) groups is 1. The Balaban J connectivity index is 1.11. The Morgan fingerprint density at radius 3 is 2.38 bits per heavy atom. The quantitative estimate of drug-likeness (QED) is 0.614. The van der Waals surface area contributed by atoms with Gasteiger partial charge >= 0.3 is 6.03 Å². The Labute approximate surface area is 202 Å². The van der Waals surface area contributed by atoms with Gasteiger partial charge in [0.15, 0.2) is 0 Å². The summed E-state index contributed by atoms with van der Waals surface area (Å²) >= 11 is 12.6. The normalized spacial score (nSPS) is 22.1. The molecule has 1 aliphatic carbocycles. The van der Waals surface area contributed by atoms with Gasteiger partial charge in [-0.1, -0.05) is 48.5 Å². The Bertz CT molecular complexity index is 742. The summed E-state index contributed by atoms with van der Waals surface area (Å²) in [5.41, 5.74) is 4.12. The molecule has 32 heavy (non-hydrogen) atoms. The minimum atomic E-state index is -0.0203. The Morgan fingerprint density at radius 2 is 1.66 bits per heavy atom. The van der Waals surface area contributed by atoms with Gasteiger partial charge in [-0.3, -0.25) is 10.3 Å². The predicted molar refractivity (Wildman–Crippen MR) is 133 cm³/mol. The summed E-state index contributed by atoms with van der Waals surface area (Å²) in [4.78, 5) is 17.2. The number of amides is 2. The smallest absolute Gasteiger partial charge is 0.329 e. The van der Waals surface area contributed by atoms with Gasteiger partial charge in [-0.15, -0.1) is 0 Å². The van der Waals surface area contributed by atoms with Crippen LogP contribution in [0.4, 0.5) is 10.5 Å². The van der Waals surface area contributed by atoms with Crippen LogP contribution in [-0.2, 0) is 0 Å². The number of rotatable bonds is 6. The van der Waals surface area contributed by atoms with Crippen LogP contribution in [0, 0.1) is 5.92 Å². The summed E-state index contributed by atoms with van der Waals surface area (Å²) in [6.45, 7) is 7.14. The maximum atomic E-state index is 12.3. The maximum Gasteiger partial charge on any atom is 0.329 e. The van der Waals surface area contributed by atoms with Crippen LogP contribution in [0.2, 0.25) is 10.0 Å². The zero-order valence-electron chi connectivity index (χ0n) is 19.0. The second-order valence-corrected chi connectivity index (χ2v) is 10.3. The lowest BCUT2D eigenvalue weighted by atomic mass is 9.94. The Hall–Kier alpha value is -1.21. The molecule has 0 spiro atoms. The number of piperazine rings is 1. The van der Waals surface area contributed by atoms with Crippen LogP contribution in [0.25, 0.3) is 0 Å². The van der Waals surface area contributed by atoms with Crippen molar-refractivity contribution in [2.45, 2.75) is 57.4 Å². The van der Waals surface area contributed by atoms with E-state index in [4.69, 9.17) is 23.2 Å². The van der Waals surface area contributed by atoms with E-state index in [-0.39, 0.29) is 6.03 Å². The molecule has 2 heterocycles. The third kappa shape index (κ3) is 6.66. The lowest BCUT2D eigenvalue weighted by Crippen LogP contribution is -2.52. The Kier molecular flexibility index (Phi) is 8.81. The molecule has 1 saturated carbocycles. The fourth-order valence-electron chi connectivity index (χ4n) is 5.26. The van der Waals surface area contributed by atoms with Crippen LogP contribution in [0.1, 0.15) is 51.4 Å². The van der Waals surface area contributed by atoms with E-state index in [0.29, 0.717) is 16.1 Å². The molecule has 0 unspecified atom stereocenters. The first-order valence-electron chi connectivity index (χ1n) is 12.3. The molecule has 1 aromatic carbocycles. The molecule has 3 fully saturated rings. The molecule has 2 N–H and O–H groups in total. The standard InChI is InChI=1S/C24H37Cl2N5O/c25-21-7-4-8-22(23(21)26)30-17-15-29(16-18-30)12-9-19-10-13-31(14-11-19)28-24(32)27-20-5-2-1-3-6-20/h4,7-8,19-20H,1-3,5-6,9-18H2,(H2,27,28,32). The van der Waals surface area contributed by atoms with Crippen LogP contribution < -0.4 is 15.6 Å². The number of nitrogens with zero attached hydrogens (tertiary/aromatic N) is 3. The predicted octanol–water partition coefficient (Wildman–Crippen LogP) is 4.76. The van der Waals surface area contributed by atoms with Gasteiger partial charge in [0.05, 0.1) is 15.7 Å².